The molecule has 1 aliphatic heterocycles. The third-order valence-electron chi connectivity index (χ3n) is 7.25. The fourth-order valence-corrected chi connectivity index (χ4v) is 5.15. The molecule has 0 saturated heterocycles. The first-order valence-corrected chi connectivity index (χ1v) is 12.4. The van der Waals surface area contributed by atoms with E-state index in [0.717, 1.165) is 31.2 Å². The van der Waals surface area contributed by atoms with Crippen molar-refractivity contribution in [3.8, 4) is 11.5 Å². The zero-order valence-electron chi connectivity index (χ0n) is 20.0. The Morgan fingerprint density at radius 1 is 1.14 bits per heavy atom. The van der Waals surface area contributed by atoms with E-state index in [1.165, 1.54) is 31.4 Å². The van der Waals surface area contributed by atoms with Crippen LogP contribution in [0.4, 0.5) is 4.39 Å². The second-order valence-corrected chi connectivity index (χ2v) is 9.86. The standard InChI is InChI=1S/C27H31FN4O3/c1-27(26(34)29-21-8-5-3-2-4-6-9-21)18-32-23(16-22(30-32)24-10-7-15-35-24)25(33)31(27)17-19-11-13-20(28)14-12-19/h7,10-16,21H,2-6,8-9,17-18H2,1H3,(H,29,34)/t27-/m0/s1. The van der Waals surface area contributed by atoms with Crippen LogP contribution in [0.25, 0.3) is 11.5 Å². The number of hydrogen-bond donors (Lipinski definition) is 1. The quantitative estimate of drug-likeness (QED) is 0.564. The summed E-state index contributed by atoms with van der Waals surface area (Å²) < 4.78 is 20.6. The molecule has 2 amide bonds. The monoisotopic (exact) mass is 478 g/mol. The SMILES string of the molecule is C[C@@]1(C(=O)NC2CCCCCCC2)Cn2nc(-c3ccco3)cc2C(=O)N1Cc1ccc(F)cc1. The maximum absolute atomic E-state index is 13.8. The molecule has 35 heavy (non-hydrogen) atoms. The predicted octanol–water partition coefficient (Wildman–Crippen LogP) is 4.93. The minimum Gasteiger partial charge on any atom is -0.463 e. The van der Waals surface area contributed by atoms with Gasteiger partial charge in [0.25, 0.3) is 5.91 Å². The summed E-state index contributed by atoms with van der Waals surface area (Å²) in [6.07, 6.45) is 9.26. The summed E-state index contributed by atoms with van der Waals surface area (Å²) in [5.41, 5.74) is 0.538. The predicted molar refractivity (Wildman–Crippen MR) is 129 cm³/mol. The van der Waals surface area contributed by atoms with Crippen molar-refractivity contribution in [3.05, 3.63) is 65.8 Å². The minimum atomic E-state index is -1.16. The zero-order chi connectivity index (χ0) is 24.4. The van der Waals surface area contributed by atoms with Crippen molar-refractivity contribution in [3.63, 3.8) is 0 Å². The van der Waals surface area contributed by atoms with Gasteiger partial charge in [0.05, 0.1) is 12.8 Å². The molecule has 1 aromatic carbocycles. The largest absolute Gasteiger partial charge is 0.463 e. The second-order valence-electron chi connectivity index (χ2n) is 9.86. The summed E-state index contributed by atoms with van der Waals surface area (Å²) >= 11 is 0. The molecular weight excluding hydrogens is 447 g/mol. The van der Waals surface area contributed by atoms with E-state index in [9.17, 15) is 14.0 Å². The van der Waals surface area contributed by atoms with Crippen molar-refractivity contribution in [2.75, 3.05) is 0 Å². The Labute approximate surface area is 204 Å². The number of rotatable bonds is 5. The molecular formula is C27H31FN4O3. The highest BCUT2D eigenvalue weighted by atomic mass is 19.1. The van der Waals surface area contributed by atoms with E-state index in [0.29, 0.717) is 17.1 Å². The Hall–Kier alpha value is -3.42. The van der Waals surface area contributed by atoms with Crippen LogP contribution < -0.4 is 5.32 Å². The molecule has 1 saturated carbocycles. The van der Waals surface area contributed by atoms with Crippen molar-refractivity contribution in [2.24, 2.45) is 0 Å². The van der Waals surface area contributed by atoms with Crippen LogP contribution >= 0.6 is 0 Å². The zero-order valence-corrected chi connectivity index (χ0v) is 20.0. The Balaban J connectivity index is 1.47. The van der Waals surface area contributed by atoms with Gasteiger partial charge in [0.1, 0.15) is 22.7 Å². The van der Waals surface area contributed by atoms with Gasteiger partial charge in [-0.15, -0.1) is 0 Å². The van der Waals surface area contributed by atoms with Gasteiger partial charge in [-0.2, -0.15) is 5.10 Å². The number of amides is 2. The van der Waals surface area contributed by atoms with Crippen molar-refractivity contribution in [1.29, 1.82) is 0 Å². The van der Waals surface area contributed by atoms with Crippen LogP contribution in [0.15, 0.2) is 53.1 Å². The van der Waals surface area contributed by atoms with Crippen LogP contribution in [0.2, 0.25) is 0 Å². The number of fused-ring (bicyclic) bond motifs is 1. The average Bonchev–Trinajstić information content (AvgIpc) is 3.49. The lowest BCUT2D eigenvalue weighted by Gasteiger charge is -2.44. The summed E-state index contributed by atoms with van der Waals surface area (Å²) in [6, 6.07) is 11.4. The van der Waals surface area contributed by atoms with E-state index in [4.69, 9.17) is 4.42 Å². The third kappa shape index (κ3) is 4.74. The number of hydrogen-bond acceptors (Lipinski definition) is 4. The van der Waals surface area contributed by atoms with E-state index in [-0.39, 0.29) is 36.8 Å². The normalized spacial score (nSPS) is 21.3. The molecule has 0 bridgehead atoms. The number of nitrogens with zero attached hydrogens (tertiary/aromatic N) is 3. The van der Waals surface area contributed by atoms with Crippen LogP contribution in [-0.4, -0.2) is 38.1 Å². The number of furan rings is 1. The molecule has 184 valence electrons. The summed E-state index contributed by atoms with van der Waals surface area (Å²) in [7, 11) is 0. The first kappa shape index (κ1) is 23.3. The number of benzene rings is 1. The molecule has 1 aliphatic carbocycles. The Morgan fingerprint density at radius 3 is 2.54 bits per heavy atom. The lowest BCUT2D eigenvalue weighted by atomic mass is 9.92. The average molecular weight is 479 g/mol. The molecule has 1 fully saturated rings. The van der Waals surface area contributed by atoms with E-state index in [1.54, 1.807) is 53.1 Å². The van der Waals surface area contributed by atoms with Gasteiger partial charge >= 0.3 is 0 Å². The molecule has 5 rings (SSSR count). The number of nitrogens with one attached hydrogen (secondary N) is 1. The molecule has 3 heterocycles. The maximum atomic E-state index is 13.8. The molecule has 3 aromatic rings. The van der Waals surface area contributed by atoms with Gasteiger partial charge in [-0.05, 0) is 49.6 Å². The molecule has 1 N–H and O–H groups in total. The topological polar surface area (TPSA) is 80.4 Å². The van der Waals surface area contributed by atoms with Crippen molar-refractivity contribution >= 4 is 11.8 Å². The van der Waals surface area contributed by atoms with Gasteiger partial charge in [0, 0.05) is 18.7 Å². The number of carbonyl (C=O) groups excluding carboxylic acids is 2. The molecule has 7 nitrogen and oxygen atoms in total. The first-order chi connectivity index (χ1) is 16.9. The molecule has 1 atom stereocenters. The van der Waals surface area contributed by atoms with Crippen molar-refractivity contribution in [1.82, 2.24) is 20.0 Å². The fourth-order valence-electron chi connectivity index (χ4n) is 5.15. The number of carbonyl (C=O) groups is 2. The smallest absolute Gasteiger partial charge is 0.273 e. The van der Waals surface area contributed by atoms with Gasteiger partial charge in [0.2, 0.25) is 5.91 Å². The molecule has 2 aromatic heterocycles. The molecule has 0 unspecified atom stereocenters. The molecule has 2 aliphatic rings. The van der Waals surface area contributed by atoms with Gasteiger partial charge in [0.15, 0.2) is 5.76 Å². The van der Waals surface area contributed by atoms with Gasteiger partial charge < -0.3 is 14.6 Å². The maximum Gasteiger partial charge on any atom is 0.273 e. The van der Waals surface area contributed by atoms with Crippen LogP contribution in [-0.2, 0) is 17.9 Å². The second kappa shape index (κ2) is 9.68. The van der Waals surface area contributed by atoms with Gasteiger partial charge in [-0.1, -0.05) is 44.2 Å². The summed E-state index contributed by atoms with van der Waals surface area (Å²) in [4.78, 5) is 29.2. The first-order valence-electron chi connectivity index (χ1n) is 12.4. The molecule has 8 heteroatoms. The fraction of sp³-hybridized carbons (Fsp3) is 0.444. The Bertz CT molecular complexity index is 1180. The van der Waals surface area contributed by atoms with Crippen LogP contribution in [0.3, 0.4) is 0 Å². The van der Waals surface area contributed by atoms with Crippen molar-refractivity contribution in [2.45, 2.75) is 76.5 Å². The lowest BCUT2D eigenvalue weighted by Crippen LogP contribution is -2.64. The van der Waals surface area contributed by atoms with Crippen molar-refractivity contribution < 1.29 is 18.4 Å². The number of aromatic nitrogens is 2. The Morgan fingerprint density at radius 2 is 1.86 bits per heavy atom. The summed E-state index contributed by atoms with van der Waals surface area (Å²) in [6.45, 7) is 2.20. The van der Waals surface area contributed by atoms with E-state index in [2.05, 4.69) is 10.4 Å². The van der Waals surface area contributed by atoms with Crippen LogP contribution in [0.5, 0.6) is 0 Å². The molecule has 0 spiro atoms. The highest BCUT2D eigenvalue weighted by Crippen LogP contribution is 2.32. The Kier molecular flexibility index (Phi) is 6.45. The van der Waals surface area contributed by atoms with E-state index >= 15 is 0 Å². The third-order valence-corrected chi connectivity index (χ3v) is 7.25. The van der Waals surface area contributed by atoms with Gasteiger partial charge in [-0.3, -0.25) is 14.3 Å². The highest BCUT2D eigenvalue weighted by molar-refractivity contribution is 6.00. The summed E-state index contributed by atoms with van der Waals surface area (Å²) in [5.74, 6) is -0.254. The van der Waals surface area contributed by atoms with E-state index in [1.807, 2.05) is 0 Å². The number of halogens is 1. The minimum absolute atomic E-state index is 0.0973. The van der Waals surface area contributed by atoms with Crippen LogP contribution in [0, 0.1) is 5.82 Å². The molecule has 0 radical (unpaired) electrons. The van der Waals surface area contributed by atoms with Gasteiger partial charge in [-0.25, -0.2) is 4.39 Å². The lowest BCUT2D eigenvalue weighted by molar-refractivity contribution is -0.134. The highest BCUT2D eigenvalue weighted by Gasteiger charge is 2.48. The summed E-state index contributed by atoms with van der Waals surface area (Å²) in [5, 5.41) is 7.85. The van der Waals surface area contributed by atoms with E-state index < -0.39 is 5.54 Å². The van der Waals surface area contributed by atoms with Crippen LogP contribution in [0.1, 0.15) is 67.9 Å².